The molecule has 1 N–H and O–H groups in total. The zero-order valence-electron chi connectivity index (χ0n) is 12.8. The van der Waals surface area contributed by atoms with Crippen LogP contribution in [0.25, 0.3) is 0 Å². The summed E-state index contributed by atoms with van der Waals surface area (Å²) in [4.78, 5) is 12.0. The lowest BCUT2D eigenvalue weighted by molar-refractivity contribution is -0.119. The molecule has 1 aromatic carbocycles. The van der Waals surface area contributed by atoms with Gasteiger partial charge < -0.3 is 19.5 Å². The van der Waals surface area contributed by atoms with Gasteiger partial charge in [-0.15, -0.1) is 0 Å². The van der Waals surface area contributed by atoms with E-state index in [2.05, 4.69) is 12.2 Å². The van der Waals surface area contributed by atoms with Gasteiger partial charge in [-0.05, 0) is 6.42 Å². The molecule has 0 heterocycles. The van der Waals surface area contributed by atoms with Gasteiger partial charge in [0, 0.05) is 23.7 Å². The fraction of sp³-hybridized carbons (Fsp3) is 0.533. The van der Waals surface area contributed by atoms with E-state index in [0.29, 0.717) is 22.9 Å². The van der Waals surface area contributed by atoms with Crippen molar-refractivity contribution in [2.24, 2.45) is 5.92 Å². The maximum atomic E-state index is 12.0. The van der Waals surface area contributed by atoms with Crippen LogP contribution in [0.15, 0.2) is 12.1 Å². The second-order valence-corrected chi connectivity index (χ2v) is 4.59. The predicted molar refractivity (Wildman–Crippen MR) is 78.8 cm³/mol. The summed E-state index contributed by atoms with van der Waals surface area (Å²) in [7, 11) is 4.63. The fourth-order valence-electron chi connectivity index (χ4n) is 1.98. The van der Waals surface area contributed by atoms with Crippen molar-refractivity contribution in [3.05, 3.63) is 12.1 Å². The maximum Gasteiger partial charge on any atom is 0.227 e. The fourth-order valence-corrected chi connectivity index (χ4v) is 1.98. The van der Waals surface area contributed by atoms with Gasteiger partial charge in [-0.3, -0.25) is 4.79 Å². The number of hydrogen-bond acceptors (Lipinski definition) is 4. The van der Waals surface area contributed by atoms with Crippen molar-refractivity contribution >= 4 is 11.6 Å². The summed E-state index contributed by atoms with van der Waals surface area (Å²) < 4.78 is 15.7. The summed E-state index contributed by atoms with van der Waals surface area (Å²) in [5.74, 6) is 1.51. The van der Waals surface area contributed by atoms with Gasteiger partial charge >= 0.3 is 0 Å². The molecule has 0 aliphatic carbocycles. The lowest BCUT2D eigenvalue weighted by atomic mass is 10.1. The van der Waals surface area contributed by atoms with E-state index in [-0.39, 0.29) is 11.8 Å². The summed E-state index contributed by atoms with van der Waals surface area (Å²) >= 11 is 0. The van der Waals surface area contributed by atoms with Gasteiger partial charge in [0.1, 0.15) is 0 Å². The van der Waals surface area contributed by atoms with Crippen molar-refractivity contribution in [2.75, 3.05) is 26.6 Å². The standard InChI is InChI=1S/C15H23NO4/c1-6-7-10(2)15(17)16-11-8-12(18-3)14(20-5)13(9-11)19-4/h8-10H,6-7H2,1-5H3,(H,16,17). The SMILES string of the molecule is CCCC(C)C(=O)Nc1cc(OC)c(OC)c(OC)c1. The summed E-state index contributed by atoms with van der Waals surface area (Å²) in [6, 6.07) is 3.44. The van der Waals surface area contributed by atoms with Gasteiger partial charge in [0.15, 0.2) is 11.5 Å². The van der Waals surface area contributed by atoms with Crippen LogP contribution in [0.1, 0.15) is 26.7 Å². The van der Waals surface area contributed by atoms with E-state index < -0.39 is 0 Å². The van der Waals surface area contributed by atoms with Gasteiger partial charge in [0.2, 0.25) is 11.7 Å². The lowest BCUT2D eigenvalue weighted by Gasteiger charge is -2.16. The molecule has 1 aromatic rings. The van der Waals surface area contributed by atoms with Gasteiger partial charge in [0.25, 0.3) is 0 Å². The first-order valence-electron chi connectivity index (χ1n) is 6.68. The molecule has 0 saturated carbocycles. The molecule has 5 heteroatoms. The van der Waals surface area contributed by atoms with Crippen LogP contribution in [0.3, 0.4) is 0 Å². The highest BCUT2D eigenvalue weighted by Gasteiger charge is 2.16. The number of ether oxygens (including phenoxy) is 3. The Balaban J connectivity index is 2.99. The Morgan fingerprint density at radius 2 is 1.70 bits per heavy atom. The predicted octanol–water partition coefficient (Wildman–Crippen LogP) is 3.09. The number of amides is 1. The number of benzene rings is 1. The number of methoxy groups -OCH3 is 3. The number of anilines is 1. The molecule has 0 fully saturated rings. The summed E-state index contributed by atoms with van der Waals surface area (Å²) in [6.45, 7) is 3.97. The molecular formula is C15H23NO4. The highest BCUT2D eigenvalue weighted by Crippen LogP contribution is 2.40. The van der Waals surface area contributed by atoms with Crippen molar-refractivity contribution in [1.29, 1.82) is 0 Å². The van der Waals surface area contributed by atoms with Crippen LogP contribution in [0, 0.1) is 5.92 Å². The van der Waals surface area contributed by atoms with Crippen molar-refractivity contribution in [3.63, 3.8) is 0 Å². The summed E-state index contributed by atoms with van der Waals surface area (Å²) in [5, 5.41) is 2.87. The first kappa shape index (κ1) is 16.1. The Kier molecular flexibility index (Phi) is 6.15. The summed E-state index contributed by atoms with van der Waals surface area (Å²) in [5.41, 5.74) is 0.632. The van der Waals surface area contributed by atoms with Gasteiger partial charge in [-0.25, -0.2) is 0 Å². The molecule has 5 nitrogen and oxygen atoms in total. The molecule has 0 saturated heterocycles. The third-order valence-corrected chi connectivity index (χ3v) is 3.10. The van der Waals surface area contributed by atoms with Crippen LogP contribution >= 0.6 is 0 Å². The Bertz CT molecular complexity index is 434. The van der Waals surface area contributed by atoms with Crippen molar-refractivity contribution in [3.8, 4) is 17.2 Å². The van der Waals surface area contributed by atoms with E-state index in [9.17, 15) is 4.79 Å². The summed E-state index contributed by atoms with van der Waals surface area (Å²) in [6.07, 6.45) is 1.83. The molecule has 1 atom stereocenters. The van der Waals surface area contributed by atoms with E-state index in [0.717, 1.165) is 12.8 Å². The zero-order chi connectivity index (χ0) is 15.1. The lowest BCUT2D eigenvalue weighted by Crippen LogP contribution is -2.20. The Hall–Kier alpha value is -1.91. The van der Waals surface area contributed by atoms with Crippen LogP contribution in [-0.2, 0) is 4.79 Å². The first-order chi connectivity index (χ1) is 9.57. The van der Waals surface area contributed by atoms with Gasteiger partial charge in [-0.2, -0.15) is 0 Å². The molecule has 0 aromatic heterocycles. The second-order valence-electron chi connectivity index (χ2n) is 4.59. The van der Waals surface area contributed by atoms with Crippen LogP contribution in [0.2, 0.25) is 0 Å². The van der Waals surface area contributed by atoms with E-state index in [1.165, 1.54) is 0 Å². The average molecular weight is 281 g/mol. The van der Waals surface area contributed by atoms with Crippen molar-refractivity contribution < 1.29 is 19.0 Å². The van der Waals surface area contributed by atoms with E-state index >= 15 is 0 Å². The number of hydrogen-bond donors (Lipinski definition) is 1. The monoisotopic (exact) mass is 281 g/mol. The van der Waals surface area contributed by atoms with E-state index in [1.54, 1.807) is 33.5 Å². The molecule has 1 amide bonds. The number of carbonyl (C=O) groups excluding carboxylic acids is 1. The Morgan fingerprint density at radius 1 is 1.15 bits per heavy atom. The molecule has 0 aliphatic heterocycles. The zero-order valence-corrected chi connectivity index (χ0v) is 12.8. The number of nitrogens with one attached hydrogen (secondary N) is 1. The molecular weight excluding hydrogens is 258 g/mol. The number of rotatable bonds is 7. The van der Waals surface area contributed by atoms with E-state index in [1.807, 2.05) is 6.92 Å². The molecule has 0 aliphatic rings. The molecule has 1 rings (SSSR count). The molecule has 0 radical (unpaired) electrons. The molecule has 1 unspecified atom stereocenters. The smallest absolute Gasteiger partial charge is 0.227 e. The quantitative estimate of drug-likeness (QED) is 0.834. The van der Waals surface area contributed by atoms with Gasteiger partial charge in [-0.1, -0.05) is 20.3 Å². The topological polar surface area (TPSA) is 56.8 Å². The third-order valence-electron chi connectivity index (χ3n) is 3.10. The largest absolute Gasteiger partial charge is 0.493 e. The van der Waals surface area contributed by atoms with E-state index in [4.69, 9.17) is 14.2 Å². The number of carbonyl (C=O) groups is 1. The average Bonchev–Trinajstić information content (AvgIpc) is 2.46. The highest BCUT2D eigenvalue weighted by molar-refractivity contribution is 5.93. The van der Waals surface area contributed by atoms with Crippen LogP contribution in [0.5, 0.6) is 17.2 Å². The van der Waals surface area contributed by atoms with Crippen molar-refractivity contribution in [2.45, 2.75) is 26.7 Å². The van der Waals surface area contributed by atoms with Crippen LogP contribution in [0.4, 0.5) is 5.69 Å². The van der Waals surface area contributed by atoms with Crippen molar-refractivity contribution in [1.82, 2.24) is 0 Å². The minimum atomic E-state index is -0.0286. The Morgan fingerprint density at radius 3 is 2.10 bits per heavy atom. The third kappa shape index (κ3) is 3.79. The minimum absolute atomic E-state index is 0.0128. The second kappa shape index (κ2) is 7.62. The van der Waals surface area contributed by atoms with Crippen LogP contribution in [-0.4, -0.2) is 27.2 Å². The minimum Gasteiger partial charge on any atom is -0.493 e. The normalized spacial score (nSPS) is 11.7. The maximum absolute atomic E-state index is 12.0. The Labute approximate surface area is 120 Å². The molecule has 112 valence electrons. The molecule has 0 spiro atoms. The first-order valence-corrected chi connectivity index (χ1v) is 6.68. The highest BCUT2D eigenvalue weighted by atomic mass is 16.5. The molecule has 20 heavy (non-hydrogen) atoms. The molecule has 0 bridgehead atoms. The van der Waals surface area contributed by atoms with Crippen LogP contribution < -0.4 is 19.5 Å². The van der Waals surface area contributed by atoms with Gasteiger partial charge in [0.05, 0.1) is 21.3 Å².